The zero-order valence-electron chi connectivity index (χ0n) is 6.90. The minimum absolute atomic E-state index is 0.0400. The maximum Gasteiger partial charge on any atom is 0.252 e. The van der Waals surface area contributed by atoms with Gasteiger partial charge in [0, 0.05) is 11.5 Å². The summed E-state index contributed by atoms with van der Waals surface area (Å²) in [4.78, 5) is 11.2. The highest BCUT2D eigenvalue weighted by Gasteiger charge is 2.11. The molecule has 0 aliphatic rings. The van der Waals surface area contributed by atoms with Crippen LogP contribution in [-0.4, -0.2) is 13.0 Å². The van der Waals surface area contributed by atoms with Gasteiger partial charge < -0.3 is 11.1 Å². The molecule has 0 aliphatic carbocycles. The summed E-state index contributed by atoms with van der Waals surface area (Å²) < 4.78 is 13.2. The van der Waals surface area contributed by atoms with Crippen molar-refractivity contribution in [2.45, 2.75) is 0 Å². The monoisotopic (exact) mass is 246 g/mol. The molecule has 13 heavy (non-hydrogen) atoms. The van der Waals surface area contributed by atoms with Crippen LogP contribution in [0.5, 0.6) is 0 Å². The number of carbonyl (C=O) groups is 1. The summed E-state index contributed by atoms with van der Waals surface area (Å²) in [6.07, 6.45) is 0. The molecule has 0 aliphatic heterocycles. The number of rotatable bonds is 1. The minimum atomic E-state index is -0.542. The Labute approximate surface area is 83.2 Å². The molecule has 0 saturated heterocycles. The molecule has 0 radical (unpaired) electrons. The average molecular weight is 247 g/mol. The van der Waals surface area contributed by atoms with Gasteiger partial charge in [-0.2, -0.15) is 0 Å². The SMILES string of the molecule is CNC(=O)c1cc(N)c(F)cc1Br. The van der Waals surface area contributed by atoms with E-state index in [2.05, 4.69) is 21.2 Å². The molecule has 3 N–H and O–H groups in total. The van der Waals surface area contributed by atoms with Crippen molar-refractivity contribution >= 4 is 27.5 Å². The molecule has 0 bridgehead atoms. The molecule has 0 spiro atoms. The smallest absolute Gasteiger partial charge is 0.252 e. The highest BCUT2D eigenvalue weighted by molar-refractivity contribution is 9.10. The first-order valence-electron chi connectivity index (χ1n) is 3.53. The van der Waals surface area contributed by atoms with E-state index in [0.717, 1.165) is 0 Å². The first-order chi connectivity index (χ1) is 6.06. The Balaban J connectivity index is 3.23. The highest BCUT2D eigenvalue weighted by atomic mass is 79.9. The summed E-state index contributed by atoms with van der Waals surface area (Å²) in [5.74, 6) is -0.849. The number of anilines is 1. The maximum absolute atomic E-state index is 12.8. The summed E-state index contributed by atoms with van der Waals surface area (Å²) >= 11 is 3.07. The predicted octanol–water partition coefficient (Wildman–Crippen LogP) is 1.53. The second kappa shape index (κ2) is 3.74. The molecule has 1 aromatic carbocycles. The Morgan fingerprint density at radius 2 is 2.23 bits per heavy atom. The summed E-state index contributed by atoms with van der Waals surface area (Å²) in [6, 6.07) is 2.46. The largest absolute Gasteiger partial charge is 0.396 e. The van der Waals surface area contributed by atoms with Crippen molar-refractivity contribution < 1.29 is 9.18 Å². The van der Waals surface area contributed by atoms with Gasteiger partial charge in [0.25, 0.3) is 5.91 Å². The second-order valence-electron chi connectivity index (χ2n) is 2.43. The fourth-order valence-electron chi connectivity index (χ4n) is 0.874. The van der Waals surface area contributed by atoms with E-state index in [9.17, 15) is 9.18 Å². The van der Waals surface area contributed by atoms with E-state index in [0.29, 0.717) is 10.0 Å². The lowest BCUT2D eigenvalue weighted by Gasteiger charge is -2.04. The summed E-state index contributed by atoms with van der Waals surface area (Å²) in [7, 11) is 1.49. The molecular formula is C8H8BrFN2O. The van der Waals surface area contributed by atoms with Gasteiger partial charge >= 0.3 is 0 Å². The van der Waals surface area contributed by atoms with Gasteiger partial charge in [0.1, 0.15) is 5.82 Å². The molecule has 0 unspecified atom stereocenters. The van der Waals surface area contributed by atoms with Gasteiger partial charge in [-0.05, 0) is 28.1 Å². The van der Waals surface area contributed by atoms with Crippen LogP contribution in [0, 0.1) is 5.82 Å². The van der Waals surface area contributed by atoms with Gasteiger partial charge in [-0.25, -0.2) is 4.39 Å². The molecule has 0 aromatic heterocycles. The lowest BCUT2D eigenvalue weighted by Crippen LogP contribution is -2.18. The molecule has 0 heterocycles. The van der Waals surface area contributed by atoms with Crippen LogP contribution in [0.25, 0.3) is 0 Å². The van der Waals surface area contributed by atoms with E-state index in [1.165, 1.54) is 19.2 Å². The number of nitrogens with one attached hydrogen (secondary N) is 1. The van der Waals surface area contributed by atoms with Crippen molar-refractivity contribution in [3.05, 3.63) is 28.0 Å². The first-order valence-corrected chi connectivity index (χ1v) is 4.32. The number of amides is 1. The topological polar surface area (TPSA) is 55.1 Å². The molecule has 0 saturated carbocycles. The number of hydrogen-bond donors (Lipinski definition) is 2. The summed E-state index contributed by atoms with van der Waals surface area (Å²) in [6.45, 7) is 0. The van der Waals surface area contributed by atoms with Gasteiger partial charge in [-0.1, -0.05) is 0 Å². The van der Waals surface area contributed by atoms with Gasteiger partial charge in [-0.3, -0.25) is 4.79 Å². The number of nitrogen functional groups attached to an aromatic ring is 1. The molecule has 0 fully saturated rings. The standard InChI is InChI=1S/C8H8BrFN2O/c1-12-8(13)4-2-7(11)6(10)3-5(4)9/h2-3H,11H2,1H3,(H,12,13). The van der Waals surface area contributed by atoms with Gasteiger partial charge in [0.05, 0.1) is 11.3 Å². The first kappa shape index (κ1) is 9.98. The number of hydrogen-bond acceptors (Lipinski definition) is 2. The minimum Gasteiger partial charge on any atom is -0.396 e. The zero-order chi connectivity index (χ0) is 10.0. The van der Waals surface area contributed by atoms with Gasteiger partial charge in [-0.15, -0.1) is 0 Å². The molecule has 1 rings (SSSR count). The third-order valence-corrected chi connectivity index (χ3v) is 2.21. The Bertz CT molecular complexity index is 354. The van der Waals surface area contributed by atoms with E-state index < -0.39 is 5.82 Å². The van der Waals surface area contributed by atoms with Crippen molar-refractivity contribution in [1.82, 2.24) is 5.32 Å². The normalized spacial score (nSPS) is 9.77. The number of nitrogens with two attached hydrogens (primary N) is 1. The van der Waals surface area contributed by atoms with Crippen molar-refractivity contribution in [3.63, 3.8) is 0 Å². The fourth-order valence-corrected chi connectivity index (χ4v) is 1.37. The van der Waals surface area contributed by atoms with Crippen molar-refractivity contribution in [2.24, 2.45) is 0 Å². The lowest BCUT2D eigenvalue weighted by molar-refractivity contribution is 0.0962. The quantitative estimate of drug-likeness (QED) is 0.739. The van der Waals surface area contributed by atoms with Crippen LogP contribution in [0.3, 0.4) is 0 Å². The van der Waals surface area contributed by atoms with Crippen LogP contribution in [0.1, 0.15) is 10.4 Å². The van der Waals surface area contributed by atoms with E-state index in [-0.39, 0.29) is 11.6 Å². The Hall–Kier alpha value is -1.10. The molecule has 1 aromatic rings. The lowest BCUT2D eigenvalue weighted by atomic mass is 10.2. The van der Waals surface area contributed by atoms with E-state index >= 15 is 0 Å². The summed E-state index contributed by atoms with van der Waals surface area (Å²) in [5, 5.41) is 2.42. The van der Waals surface area contributed by atoms with Crippen LogP contribution in [0.2, 0.25) is 0 Å². The van der Waals surface area contributed by atoms with E-state index in [4.69, 9.17) is 5.73 Å². The van der Waals surface area contributed by atoms with Crippen LogP contribution in [0.4, 0.5) is 10.1 Å². The number of carbonyl (C=O) groups excluding carboxylic acids is 1. The average Bonchev–Trinajstić information content (AvgIpc) is 2.10. The molecule has 3 nitrogen and oxygen atoms in total. The van der Waals surface area contributed by atoms with Gasteiger partial charge in [0.15, 0.2) is 0 Å². The predicted molar refractivity (Wildman–Crippen MR) is 51.9 cm³/mol. The van der Waals surface area contributed by atoms with Crippen molar-refractivity contribution in [3.8, 4) is 0 Å². The highest BCUT2D eigenvalue weighted by Crippen LogP contribution is 2.22. The molecule has 5 heteroatoms. The maximum atomic E-state index is 12.8. The third kappa shape index (κ3) is 1.98. The number of halogens is 2. The Morgan fingerprint density at radius 3 is 2.77 bits per heavy atom. The van der Waals surface area contributed by atoms with Crippen LogP contribution >= 0.6 is 15.9 Å². The summed E-state index contributed by atoms with van der Waals surface area (Å²) in [5.41, 5.74) is 5.59. The molecule has 0 atom stereocenters. The molecule has 70 valence electrons. The van der Waals surface area contributed by atoms with Crippen molar-refractivity contribution in [2.75, 3.05) is 12.8 Å². The third-order valence-electron chi connectivity index (χ3n) is 1.56. The van der Waals surface area contributed by atoms with E-state index in [1.54, 1.807) is 0 Å². The van der Waals surface area contributed by atoms with Gasteiger partial charge in [0.2, 0.25) is 0 Å². The zero-order valence-corrected chi connectivity index (χ0v) is 8.48. The Kier molecular flexibility index (Phi) is 2.87. The van der Waals surface area contributed by atoms with Crippen LogP contribution < -0.4 is 11.1 Å². The Morgan fingerprint density at radius 1 is 1.62 bits per heavy atom. The number of benzene rings is 1. The molecular weight excluding hydrogens is 239 g/mol. The van der Waals surface area contributed by atoms with Crippen molar-refractivity contribution in [1.29, 1.82) is 0 Å². The fraction of sp³-hybridized carbons (Fsp3) is 0.125. The molecule has 1 amide bonds. The van der Waals surface area contributed by atoms with Crippen LogP contribution in [0.15, 0.2) is 16.6 Å². The van der Waals surface area contributed by atoms with Crippen LogP contribution in [-0.2, 0) is 0 Å². The van der Waals surface area contributed by atoms with E-state index in [1.807, 2.05) is 0 Å². The second-order valence-corrected chi connectivity index (χ2v) is 3.29.